The van der Waals surface area contributed by atoms with E-state index in [1.807, 2.05) is 17.5 Å². The van der Waals surface area contributed by atoms with Crippen LogP contribution in [0.2, 0.25) is 0 Å². The molecule has 9 nitrogen and oxygen atoms in total. The quantitative estimate of drug-likeness (QED) is 0.513. The zero-order chi connectivity index (χ0) is 20.9. The maximum absolute atomic E-state index is 12.1. The molecule has 1 amide bonds. The number of aryl methyl sites for hydroxylation is 1. The van der Waals surface area contributed by atoms with E-state index in [9.17, 15) is 13.2 Å². The lowest BCUT2D eigenvalue weighted by Crippen LogP contribution is -2.25. The van der Waals surface area contributed by atoms with E-state index < -0.39 is 10.0 Å². The first kappa shape index (κ1) is 21.1. The summed E-state index contributed by atoms with van der Waals surface area (Å²) in [4.78, 5) is 22.1. The van der Waals surface area contributed by atoms with Gasteiger partial charge in [0.15, 0.2) is 0 Å². The molecule has 0 unspecified atom stereocenters. The van der Waals surface area contributed by atoms with Crippen LogP contribution in [-0.4, -0.2) is 43.1 Å². The number of thiophene rings is 1. The number of hydrogen-bond acceptors (Lipinski definition) is 8. The van der Waals surface area contributed by atoms with Gasteiger partial charge in [-0.1, -0.05) is 15.7 Å². The molecule has 0 aliphatic heterocycles. The van der Waals surface area contributed by atoms with Gasteiger partial charge in [0.2, 0.25) is 17.6 Å². The number of hydrogen-bond donors (Lipinski definition) is 1. The molecule has 1 N–H and O–H groups in total. The maximum Gasteiger partial charge on any atom is 0.264 e. The highest BCUT2D eigenvalue weighted by Gasteiger charge is 2.20. The number of carbonyl (C=O) groups excluding carboxylic acids is 1. The van der Waals surface area contributed by atoms with Crippen molar-refractivity contribution in [3.05, 3.63) is 47.7 Å². The number of nitrogens with zero attached hydrogens (tertiary/aromatic N) is 3. The third kappa shape index (κ3) is 5.26. The predicted molar refractivity (Wildman–Crippen MR) is 108 cm³/mol. The van der Waals surface area contributed by atoms with E-state index in [4.69, 9.17) is 9.36 Å². The third-order valence-corrected chi connectivity index (χ3v) is 6.60. The molecule has 1 aromatic carbocycles. The Morgan fingerprint density at radius 3 is 2.69 bits per heavy atom. The van der Waals surface area contributed by atoms with Crippen LogP contribution in [0.4, 0.5) is 5.69 Å². The molecule has 154 valence electrons. The van der Waals surface area contributed by atoms with Crippen molar-refractivity contribution in [2.24, 2.45) is 0 Å². The first-order chi connectivity index (χ1) is 13.9. The summed E-state index contributed by atoms with van der Waals surface area (Å²) >= 11 is 1.53. The van der Waals surface area contributed by atoms with E-state index in [2.05, 4.69) is 15.5 Å². The van der Waals surface area contributed by atoms with Crippen molar-refractivity contribution in [1.29, 1.82) is 0 Å². The van der Waals surface area contributed by atoms with Gasteiger partial charge in [0.05, 0.1) is 16.9 Å². The molecule has 0 spiro atoms. The minimum atomic E-state index is -3.72. The molecule has 0 atom stereocenters. The second kappa shape index (κ2) is 9.27. The van der Waals surface area contributed by atoms with Gasteiger partial charge in [0.25, 0.3) is 10.0 Å². The minimum Gasteiger partial charge on any atom is -0.339 e. The van der Waals surface area contributed by atoms with Crippen LogP contribution in [0, 0.1) is 0 Å². The zero-order valence-corrected chi connectivity index (χ0v) is 17.5. The van der Waals surface area contributed by atoms with E-state index >= 15 is 0 Å². The molecular formula is C18H20N4O5S2. The van der Waals surface area contributed by atoms with Gasteiger partial charge in [-0.2, -0.15) is 4.98 Å². The summed E-state index contributed by atoms with van der Waals surface area (Å²) in [6.07, 6.45) is 1.30. The van der Waals surface area contributed by atoms with Crippen LogP contribution in [-0.2, 0) is 26.1 Å². The van der Waals surface area contributed by atoms with Crippen molar-refractivity contribution in [3.8, 4) is 10.7 Å². The fraction of sp³-hybridized carbons (Fsp3) is 0.278. The number of amides is 1. The minimum absolute atomic E-state index is 0.0674. The third-order valence-electron chi connectivity index (χ3n) is 4.04. The number of sulfonamides is 1. The highest BCUT2D eigenvalue weighted by atomic mass is 32.2. The van der Waals surface area contributed by atoms with E-state index in [1.54, 1.807) is 0 Å². The van der Waals surface area contributed by atoms with Crippen molar-refractivity contribution in [3.63, 3.8) is 0 Å². The van der Waals surface area contributed by atoms with Crippen molar-refractivity contribution < 1.29 is 22.6 Å². The number of anilines is 1. The molecule has 0 fully saturated rings. The van der Waals surface area contributed by atoms with E-state index in [1.165, 1.54) is 49.8 Å². The second-order valence-corrected chi connectivity index (χ2v) is 8.90. The molecule has 2 aromatic heterocycles. The molecule has 29 heavy (non-hydrogen) atoms. The van der Waals surface area contributed by atoms with Crippen molar-refractivity contribution in [2.75, 3.05) is 19.5 Å². The van der Waals surface area contributed by atoms with Crippen LogP contribution < -0.4 is 5.32 Å². The lowest BCUT2D eigenvalue weighted by molar-refractivity contribution is -0.116. The van der Waals surface area contributed by atoms with E-state index in [0.29, 0.717) is 30.2 Å². The molecule has 3 aromatic rings. The Hall–Kier alpha value is -2.60. The molecule has 2 heterocycles. The summed E-state index contributed by atoms with van der Waals surface area (Å²) in [5, 5.41) is 8.61. The van der Waals surface area contributed by atoms with Crippen molar-refractivity contribution in [1.82, 2.24) is 14.6 Å². The zero-order valence-electron chi connectivity index (χ0n) is 15.9. The molecule has 0 aliphatic carbocycles. The summed E-state index contributed by atoms with van der Waals surface area (Å²) < 4.78 is 30.3. The summed E-state index contributed by atoms with van der Waals surface area (Å²) in [5.41, 5.74) is 0.506. The predicted octanol–water partition coefficient (Wildman–Crippen LogP) is 2.94. The molecule has 0 bridgehead atoms. The van der Waals surface area contributed by atoms with Crippen molar-refractivity contribution >= 4 is 33.0 Å². The monoisotopic (exact) mass is 436 g/mol. The van der Waals surface area contributed by atoms with Gasteiger partial charge >= 0.3 is 0 Å². The lowest BCUT2D eigenvalue weighted by Gasteiger charge is -2.14. The summed E-state index contributed by atoms with van der Waals surface area (Å²) in [7, 11) is -1.15. The van der Waals surface area contributed by atoms with Gasteiger partial charge in [-0.15, -0.1) is 11.3 Å². The summed E-state index contributed by atoms with van der Waals surface area (Å²) in [6.45, 7) is 0. The Kier molecular flexibility index (Phi) is 6.75. The SMILES string of the molecule is CON(C)S(=O)(=O)c1ccc(NC(=O)CCCc2nc(-c3cccs3)no2)cc1. The van der Waals surface area contributed by atoms with E-state index in [-0.39, 0.29) is 17.2 Å². The Bertz CT molecular complexity index is 1050. The number of benzene rings is 1. The first-order valence-electron chi connectivity index (χ1n) is 8.69. The summed E-state index contributed by atoms with van der Waals surface area (Å²) in [6, 6.07) is 9.70. The normalized spacial score (nSPS) is 11.7. The molecule has 0 aliphatic rings. The molecular weight excluding hydrogens is 416 g/mol. The fourth-order valence-corrected chi connectivity index (χ4v) is 4.07. The second-order valence-electron chi connectivity index (χ2n) is 6.01. The topological polar surface area (TPSA) is 115 Å². The van der Waals surface area contributed by atoms with Crippen LogP contribution in [0.15, 0.2) is 51.2 Å². The van der Waals surface area contributed by atoms with Crippen LogP contribution in [0.1, 0.15) is 18.7 Å². The number of nitrogens with one attached hydrogen (secondary N) is 1. The molecule has 3 rings (SSSR count). The average Bonchev–Trinajstić information content (AvgIpc) is 3.39. The Labute approximate surface area is 172 Å². The van der Waals surface area contributed by atoms with Gasteiger partial charge in [-0.3, -0.25) is 9.63 Å². The average molecular weight is 437 g/mol. The Morgan fingerprint density at radius 1 is 1.28 bits per heavy atom. The number of hydroxylamine groups is 1. The number of rotatable bonds is 9. The lowest BCUT2D eigenvalue weighted by atomic mass is 10.2. The number of carbonyl (C=O) groups is 1. The van der Waals surface area contributed by atoms with Crippen LogP contribution in [0.25, 0.3) is 10.7 Å². The molecule has 0 saturated heterocycles. The van der Waals surface area contributed by atoms with E-state index in [0.717, 1.165) is 9.35 Å². The molecule has 0 radical (unpaired) electrons. The van der Waals surface area contributed by atoms with Crippen LogP contribution in [0.3, 0.4) is 0 Å². The van der Waals surface area contributed by atoms with Crippen LogP contribution in [0.5, 0.6) is 0 Å². The Morgan fingerprint density at radius 2 is 2.03 bits per heavy atom. The Balaban J connectivity index is 1.48. The van der Waals surface area contributed by atoms with Crippen LogP contribution >= 0.6 is 11.3 Å². The maximum atomic E-state index is 12.1. The highest BCUT2D eigenvalue weighted by molar-refractivity contribution is 7.89. The van der Waals surface area contributed by atoms with Gasteiger partial charge in [-0.05, 0) is 42.1 Å². The van der Waals surface area contributed by atoms with Crippen molar-refractivity contribution in [2.45, 2.75) is 24.2 Å². The molecule has 11 heteroatoms. The number of aromatic nitrogens is 2. The summed E-state index contributed by atoms with van der Waals surface area (Å²) in [5.74, 6) is 0.847. The van der Waals surface area contributed by atoms with Gasteiger partial charge in [-0.25, -0.2) is 8.42 Å². The van der Waals surface area contributed by atoms with Gasteiger partial charge in [0, 0.05) is 25.6 Å². The first-order valence-corrected chi connectivity index (χ1v) is 11.0. The van der Waals surface area contributed by atoms with Gasteiger partial charge in [0.1, 0.15) is 0 Å². The molecule has 0 saturated carbocycles. The largest absolute Gasteiger partial charge is 0.339 e. The van der Waals surface area contributed by atoms with Gasteiger partial charge < -0.3 is 9.84 Å². The standard InChI is InChI=1S/C18H20N4O5S2/c1-22(26-2)29(24,25)14-10-8-13(9-11-14)19-16(23)6-3-7-17-20-18(21-27-17)15-5-4-12-28-15/h4-5,8-12H,3,6-7H2,1-2H3,(H,19,23). The fourth-order valence-electron chi connectivity index (χ4n) is 2.44. The highest BCUT2D eigenvalue weighted by Crippen LogP contribution is 2.22. The smallest absolute Gasteiger partial charge is 0.264 e.